The van der Waals surface area contributed by atoms with E-state index in [2.05, 4.69) is 10.4 Å². The minimum Gasteiger partial charge on any atom is -0.390 e. The molecule has 0 amide bonds. The molecule has 1 aromatic carbocycles. The Balaban J connectivity index is 2.09. The van der Waals surface area contributed by atoms with Gasteiger partial charge in [-0.2, -0.15) is 5.10 Å². The van der Waals surface area contributed by atoms with Crippen molar-refractivity contribution in [3.05, 3.63) is 46.5 Å². The number of likely N-dealkylation sites (N-methyl/N-ethyl adjacent to an activating group) is 1. The van der Waals surface area contributed by atoms with Gasteiger partial charge in [-0.15, -0.1) is 0 Å². The normalized spacial score (nSPS) is 12.4. The summed E-state index contributed by atoms with van der Waals surface area (Å²) in [6.45, 7) is 0.789. The Morgan fingerprint density at radius 3 is 2.91 bits per heavy atom. The molecule has 0 aliphatic rings. The lowest BCUT2D eigenvalue weighted by molar-refractivity contribution is -0.384. The second-order valence-electron chi connectivity index (χ2n) is 5.41. The number of aliphatic hydroxyl groups excluding tert-OH is 1. The second kappa shape index (κ2) is 7.16. The zero-order valence-electron chi connectivity index (χ0n) is 12.8. The number of aromatic nitrogens is 2. The van der Waals surface area contributed by atoms with Gasteiger partial charge in [-0.1, -0.05) is 0 Å². The van der Waals surface area contributed by atoms with E-state index >= 15 is 0 Å². The summed E-state index contributed by atoms with van der Waals surface area (Å²) >= 11 is 0. The number of aliphatic hydroxyl groups is 1. The summed E-state index contributed by atoms with van der Waals surface area (Å²) in [6, 6.07) is 3.29. The summed E-state index contributed by atoms with van der Waals surface area (Å²) in [4.78, 5) is 12.2. The van der Waals surface area contributed by atoms with Gasteiger partial charge in [-0.3, -0.25) is 14.8 Å². The van der Waals surface area contributed by atoms with Crippen LogP contribution in [-0.2, 0) is 6.54 Å². The molecule has 0 bridgehead atoms. The maximum Gasteiger partial charge on any atom is 0.295 e. The van der Waals surface area contributed by atoms with E-state index in [1.54, 1.807) is 6.20 Å². The van der Waals surface area contributed by atoms with Crippen LogP contribution in [0.3, 0.4) is 0 Å². The lowest BCUT2D eigenvalue weighted by Gasteiger charge is -2.15. The third-order valence-corrected chi connectivity index (χ3v) is 3.04. The van der Waals surface area contributed by atoms with Crippen molar-refractivity contribution >= 4 is 17.1 Å². The average Bonchev–Trinajstić information content (AvgIpc) is 2.86. The predicted octanol–water partition coefficient (Wildman–Crippen LogP) is 1.60. The number of rotatable bonds is 7. The number of anilines is 2. The van der Waals surface area contributed by atoms with Crippen molar-refractivity contribution in [2.45, 2.75) is 12.6 Å². The molecule has 0 unspecified atom stereocenters. The van der Waals surface area contributed by atoms with Gasteiger partial charge < -0.3 is 15.3 Å². The van der Waals surface area contributed by atoms with Gasteiger partial charge in [0, 0.05) is 12.7 Å². The Bertz CT molecular complexity index is 689. The Morgan fingerprint density at radius 1 is 1.52 bits per heavy atom. The molecular weight excluding hydrogens is 305 g/mol. The predicted molar refractivity (Wildman–Crippen MR) is 83.1 cm³/mol. The fraction of sp³-hybridized carbons (Fsp3) is 0.357. The van der Waals surface area contributed by atoms with E-state index < -0.39 is 16.8 Å². The summed E-state index contributed by atoms with van der Waals surface area (Å²) in [5.41, 5.74) is 0.326. The second-order valence-corrected chi connectivity index (χ2v) is 5.41. The van der Waals surface area contributed by atoms with Crippen LogP contribution in [-0.4, -0.2) is 51.5 Å². The van der Waals surface area contributed by atoms with Crippen LogP contribution in [0.4, 0.5) is 21.5 Å². The molecule has 9 heteroatoms. The number of nitro benzene ring substituents is 1. The number of halogens is 1. The first kappa shape index (κ1) is 16.8. The molecule has 23 heavy (non-hydrogen) atoms. The van der Waals surface area contributed by atoms with Crippen LogP contribution in [0.5, 0.6) is 0 Å². The highest BCUT2D eigenvalue weighted by Crippen LogP contribution is 2.28. The molecule has 2 rings (SSSR count). The number of hydrogen-bond donors (Lipinski definition) is 2. The van der Waals surface area contributed by atoms with Gasteiger partial charge in [0.1, 0.15) is 11.5 Å². The first-order valence-electron chi connectivity index (χ1n) is 6.91. The van der Waals surface area contributed by atoms with E-state index in [9.17, 15) is 19.6 Å². The SMILES string of the molecule is CN(C)C[C@@H](O)Cn1cc(Nc2ccc(F)cc2[N+](=O)[O-])cn1. The van der Waals surface area contributed by atoms with Crippen LogP contribution < -0.4 is 5.32 Å². The molecule has 2 aromatic rings. The van der Waals surface area contributed by atoms with Gasteiger partial charge in [0.25, 0.3) is 5.69 Å². The summed E-state index contributed by atoms with van der Waals surface area (Å²) < 4.78 is 14.7. The molecule has 0 aliphatic heterocycles. The van der Waals surface area contributed by atoms with Crippen LogP contribution in [0, 0.1) is 15.9 Å². The van der Waals surface area contributed by atoms with Gasteiger partial charge in [0.05, 0.1) is 35.5 Å². The molecule has 1 atom stereocenters. The van der Waals surface area contributed by atoms with Crippen LogP contribution in [0.1, 0.15) is 0 Å². The summed E-state index contributed by atoms with van der Waals surface area (Å²) in [5, 5.41) is 27.7. The monoisotopic (exact) mass is 323 g/mol. The highest BCUT2D eigenvalue weighted by atomic mass is 19.1. The van der Waals surface area contributed by atoms with E-state index in [0.29, 0.717) is 18.8 Å². The molecule has 1 aromatic heterocycles. The fourth-order valence-electron chi connectivity index (χ4n) is 2.14. The first-order chi connectivity index (χ1) is 10.8. The summed E-state index contributed by atoms with van der Waals surface area (Å²) in [6.07, 6.45) is 2.51. The van der Waals surface area contributed by atoms with E-state index in [0.717, 1.165) is 12.1 Å². The van der Waals surface area contributed by atoms with E-state index in [-0.39, 0.29) is 11.4 Å². The van der Waals surface area contributed by atoms with E-state index in [4.69, 9.17) is 0 Å². The smallest absolute Gasteiger partial charge is 0.295 e. The maximum atomic E-state index is 13.1. The molecule has 0 saturated carbocycles. The van der Waals surface area contributed by atoms with Crippen molar-refractivity contribution in [3.63, 3.8) is 0 Å². The van der Waals surface area contributed by atoms with Gasteiger partial charge in [0.2, 0.25) is 0 Å². The molecule has 2 N–H and O–H groups in total. The largest absolute Gasteiger partial charge is 0.390 e. The number of benzene rings is 1. The number of nitro groups is 1. The van der Waals surface area contributed by atoms with Crippen LogP contribution in [0.2, 0.25) is 0 Å². The Morgan fingerprint density at radius 2 is 2.26 bits per heavy atom. The zero-order valence-corrected chi connectivity index (χ0v) is 12.8. The van der Waals surface area contributed by atoms with Gasteiger partial charge >= 0.3 is 0 Å². The highest BCUT2D eigenvalue weighted by molar-refractivity contribution is 5.68. The van der Waals surface area contributed by atoms with Crippen molar-refractivity contribution in [1.29, 1.82) is 0 Å². The first-order valence-corrected chi connectivity index (χ1v) is 6.91. The van der Waals surface area contributed by atoms with E-state index in [1.165, 1.54) is 16.9 Å². The van der Waals surface area contributed by atoms with Crippen molar-refractivity contribution < 1.29 is 14.4 Å². The average molecular weight is 323 g/mol. The molecule has 124 valence electrons. The maximum absolute atomic E-state index is 13.1. The molecule has 0 fully saturated rings. The van der Waals surface area contributed by atoms with Crippen molar-refractivity contribution in [3.8, 4) is 0 Å². The third-order valence-electron chi connectivity index (χ3n) is 3.04. The minimum absolute atomic E-state index is 0.171. The highest BCUT2D eigenvalue weighted by Gasteiger charge is 2.16. The van der Waals surface area contributed by atoms with Crippen molar-refractivity contribution in [1.82, 2.24) is 14.7 Å². The zero-order chi connectivity index (χ0) is 17.0. The number of nitrogens with zero attached hydrogens (tertiary/aromatic N) is 4. The molecule has 1 heterocycles. The van der Waals surface area contributed by atoms with Crippen LogP contribution in [0.25, 0.3) is 0 Å². The Kier molecular flexibility index (Phi) is 5.24. The molecule has 0 radical (unpaired) electrons. The summed E-state index contributed by atoms with van der Waals surface area (Å²) in [5.74, 6) is -0.676. The van der Waals surface area contributed by atoms with Crippen LogP contribution in [0.15, 0.2) is 30.6 Å². The fourth-order valence-corrected chi connectivity index (χ4v) is 2.14. The molecule has 0 aliphatic carbocycles. The van der Waals surface area contributed by atoms with Crippen molar-refractivity contribution in [2.75, 3.05) is 26.0 Å². The van der Waals surface area contributed by atoms with Gasteiger partial charge in [-0.05, 0) is 26.2 Å². The summed E-state index contributed by atoms with van der Waals surface area (Å²) in [7, 11) is 3.71. The topological polar surface area (TPSA) is 96.5 Å². The Labute approximate surface area is 132 Å². The number of nitrogens with one attached hydrogen (secondary N) is 1. The number of hydrogen-bond acceptors (Lipinski definition) is 6. The third kappa shape index (κ3) is 4.73. The van der Waals surface area contributed by atoms with Gasteiger partial charge in [0.15, 0.2) is 0 Å². The quantitative estimate of drug-likeness (QED) is 0.593. The Hall–Kier alpha value is -2.52. The van der Waals surface area contributed by atoms with E-state index in [1.807, 2.05) is 19.0 Å². The molecule has 0 saturated heterocycles. The van der Waals surface area contributed by atoms with Gasteiger partial charge in [-0.25, -0.2) is 4.39 Å². The van der Waals surface area contributed by atoms with Crippen LogP contribution >= 0.6 is 0 Å². The lowest BCUT2D eigenvalue weighted by atomic mass is 10.2. The molecule has 8 nitrogen and oxygen atoms in total. The molecule has 0 spiro atoms. The van der Waals surface area contributed by atoms with Crippen molar-refractivity contribution in [2.24, 2.45) is 0 Å². The standard InChI is InChI=1S/C14H18FN5O3/c1-18(2)8-12(21)9-19-7-11(6-16-19)17-13-4-3-10(15)5-14(13)20(22)23/h3-7,12,17,21H,8-9H2,1-2H3/t12-/m1/s1. The lowest BCUT2D eigenvalue weighted by Crippen LogP contribution is -2.29. The molecular formula is C14H18FN5O3. The minimum atomic E-state index is -0.676.